The second kappa shape index (κ2) is 5.98. The zero-order valence-electron chi connectivity index (χ0n) is 11.0. The Morgan fingerprint density at radius 1 is 1.53 bits per heavy atom. The number of rotatable bonds is 5. The van der Waals surface area contributed by atoms with Crippen LogP contribution < -0.4 is 0 Å². The Kier molecular flexibility index (Phi) is 4.62. The fourth-order valence-electron chi connectivity index (χ4n) is 1.56. The standard InChI is InChI=1S/C11H15N3O5/c1-4-13-6-8(14(17)18)5-9(13)11(16)12(2)7-10(15)19-3/h5-6H,4,7H2,1-3H3. The first-order valence-electron chi connectivity index (χ1n) is 5.57. The minimum Gasteiger partial charge on any atom is -0.468 e. The van der Waals surface area contributed by atoms with Crippen LogP contribution in [0.15, 0.2) is 12.3 Å². The van der Waals surface area contributed by atoms with Crippen LogP contribution in [0, 0.1) is 10.1 Å². The van der Waals surface area contributed by atoms with Gasteiger partial charge >= 0.3 is 5.97 Å². The van der Waals surface area contributed by atoms with E-state index in [1.807, 2.05) is 0 Å². The molecule has 19 heavy (non-hydrogen) atoms. The summed E-state index contributed by atoms with van der Waals surface area (Å²) >= 11 is 0. The number of aromatic nitrogens is 1. The maximum absolute atomic E-state index is 12.1. The molecule has 8 heteroatoms. The van der Waals surface area contributed by atoms with Crippen molar-refractivity contribution in [3.63, 3.8) is 0 Å². The van der Waals surface area contributed by atoms with Crippen molar-refractivity contribution in [2.45, 2.75) is 13.5 Å². The molecule has 1 rings (SSSR count). The molecule has 0 aliphatic carbocycles. The summed E-state index contributed by atoms with van der Waals surface area (Å²) in [5, 5.41) is 10.7. The van der Waals surface area contributed by atoms with Crippen molar-refractivity contribution in [1.29, 1.82) is 0 Å². The Balaban J connectivity index is 2.98. The molecular weight excluding hydrogens is 254 g/mol. The van der Waals surface area contributed by atoms with Crippen molar-refractivity contribution in [2.75, 3.05) is 20.7 Å². The molecule has 0 saturated carbocycles. The van der Waals surface area contributed by atoms with E-state index in [2.05, 4.69) is 4.74 Å². The number of nitro groups is 1. The van der Waals surface area contributed by atoms with Crippen LogP contribution >= 0.6 is 0 Å². The number of methoxy groups -OCH3 is 1. The lowest BCUT2D eigenvalue weighted by Gasteiger charge is -2.16. The third-order valence-electron chi connectivity index (χ3n) is 2.59. The van der Waals surface area contributed by atoms with E-state index in [1.54, 1.807) is 6.92 Å². The second-order valence-corrected chi connectivity index (χ2v) is 3.86. The van der Waals surface area contributed by atoms with Crippen LogP contribution in [0.4, 0.5) is 5.69 Å². The van der Waals surface area contributed by atoms with Gasteiger partial charge in [-0.1, -0.05) is 0 Å². The van der Waals surface area contributed by atoms with Crippen LogP contribution in [0.1, 0.15) is 17.4 Å². The highest BCUT2D eigenvalue weighted by molar-refractivity contribution is 5.95. The van der Waals surface area contributed by atoms with Gasteiger partial charge in [0.2, 0.25) is 0 Å². The first-order chi connectivity index (χ1) is 8.90. The van der Waals surface area contributed by atoms with Crippen molar-refractivity contribution in [3.05, 3.63) is 28.1 Å². The van der Waals surface area contributed by atoms with E-state index in [0.717, 1.165) is 4.90 Å². The molecule has 0 bridgehead atoms. The monoisotopic (exact) mass is 269 g/mol. The number of likely N-dealkylation sites (N-methyl/N-ethyl adjacent to an activating group) is 1. The van der Waals surface area contributed by atoms with E-state index >= 15 is 0 Å². The summed E-state index contributed by atoms with van der Waals surface area (Å²) in [6, 6.07) is 1.19. The molecule has 1 amide bonds. The Hall–Kier alpha value is -2.38. The molecule has 1 aromatic rings. The normalized spacial score (nSPS) is 10.1. The van der Waals surface area contributed by atoms with Gasteiger partial charge in [-0.05, 0) is 6.92 Å². The van der Waals surface area contributed by atoms with Crippen LogP contribution in [-0.4, -0.2) is 47.0 Å². The van der Waals surface area contributed by atoms with Crippen LogP contribution in [-0.2, 0) is 16.1 Å². The van der Waals surface area contributed by atoms with Crippen molar-refractivity contribution in [1.82, 2.24) is 9.47 Å². The number of hydrogen-bond acceptors (Lipinski definition) is 5. The summed E-state index contributed by atoms with van der Waals surface area (Å²) < 4.78 is 5.93. The number of ether oxygens (including phenoxy) is 1. The minimum atomic E-state index is -0.566. The number of hydrogen-bond donors (Lipinski definition) is 0. The lowest BCUT2D eigenvalue weighted by molar-refractivity contribution is -0.384. The molecule has 0 spiro atoms. The van der Waals surface area contributed by atoms with Crippen LogP contribution in [0.5, 0.6) is 0 Å². The molecule has 0 atom stereocenters. The van der Waals surface area contributed by atoms with Gasteiger partial charge in [0.05, 0.1) is 18.2 Å². The molecule has 0 aromatic carbocycles. The van der Waals surface area contributed by atoms with E-state index in [9.17, 15) is 19.7 Å². The van der Waals surface area contributed by atoms with Gasteiger partial charge in [0.1, 0.15) is 12.2 Å². The Morgan fingerprint density at radius 2 is 2.16 bits per heavy atom. The molecule has 1 heterocycles. The molecule has 0 radical (unpaired) electrons. The van der Waals surface area contributed by atoms with Crippen molar-refractivity contribution < 1.29 is 19.2 Å². The topological polar surface area (TPSA) is 94.7 Å². The van der Waals surface area contributed by atoms with E-state index in [4.69, 9.17) is 0 Å². The Bertz CT molecular complexity index is 508. The summed E-state index contributed by atoms with van der Waals surface area (Å²) in [4.78, 5) is 34.5. The highest BCUT2D eigenvalue weighted by Crippen LogP contribution is 2.17. The van der Waals surface area contributed by atoms with Crippen molar-refractivity contribution >= 4 is 17.6 Å². The minimum absolute atomic E-state index is 0.156. The smallest absolute Gasteiger partial charge is 0.325 e. The average molecular weight is 269 g/mol. The van der Waals surface area contributed by atoms with E-state index in [-0.39, 0.29) is 17.9 Å². The second-order valence-electron chi connectivity index (χ2n) is 3.86. The van der Waals surface area contributed by atoms with Crippen molar-refractivity contribution in [2.24, 2.45) is 0 Å². The molecular formula is C11H15N3O5. The highest BCUT2D eigenvalue weighted by Gasteiger charge is 2.22. The van der Waals surface area contributed by atoms with Gasteiger partial charge in [0, 0.05) is 19.7 Å². The fraction of sp³-hybridized carbons (Fsp3) is 0.455. The predicted molar refractivity (Wildman–Crippen MR) is 65.7 cm³/mol. The lowest BCUT2D eigenvalue weighted by Crippen LogP contribution is -2.33. The summed E-state index contributed by atoms with van der Waals surface area (Å²) in [7, 11) is 2.65. The molecule has 1 aromatic heterocycles. The maximum Gasteiger partial charge on any atom is 0.325 e. The van der Waals surface area contributed by atoms with Crippen LogP contribution in [0.2, 0.25) is 0 Å². The zero-order chi connectivity index (χ0) is 14.6. The van der Waals surface area contributed by atoms with E-state index < -0.39 is 16.8 Å². The predicted octanol–water partition coefficient (Wildman–Crippen LogP) is 0.661. The zero-order valence-corrected chi connectivity index (χ0v) is 11.0. The molecule has 8 nitrogen and oxygen atoms in total. The van der Waals surface area contributed by atoms with Gasteiger partial charge < -0.3 is 14.2 Å². The number of carbonyl (C=O) groups excluding carboxylic acids is 2. The van der Waals surface area contributed by atoms with Gasteiger partial charge in [0.15, 0.2) is 0 Å². The van der Waals surface area contributed by atoms with E-state index in [0.29, 0.717) is 6.54 Å². The summed E-state index contributed by atoms with van der Waals surface area (Å²) in [5.41, 5.74) is 0.0114. The maximum atomic E-state index is 12.1. The molecule has 0 aliphatic rings. The third kappa shape index (κ3) is 3.30. The van der Waals surface area contributed by atoms with Gasteiger partial charge in [-0.15, -0.1) is 0 Å². The Morgan fingerprint density at radius 3 is 2.63 bits per heavy atom. The quantitative estimate of drug-likeness (QED) is 0.444. The fourth-order valence-corrected chi connectivity index (χ4v) is 1.56. The van der Waals surface area contributed by atoms with E-state index in [1.165, 1.54) is 31.0 Å². The molecule has 0 aliphatic heterocycles. The van der Waals surface area contributed by atoms with Crippen molar-refractivity contribution in [3.8, 4) is 0 Å². The average Bonchev–Trinajstić information content (AvgIpc) is 2.81. The highest BCUT2D eigenvalue weighted by atomic mass is 16.6. The van der Waals surface area contributed by atoms with Crippen LogP contribution in [0.25, 0.3) is 0 Å². The van der Waals surface area contributed by atoms with Gasteiger partial charge in [0.25, 0.3) is 11.6 Å². The van der Waals surface area contributed by atoms with Gasteiger partial charge in [-0.3, -0.25) is 19.7 Å². The van der Waals surface area contributed by atoms with Crippen LogP contribution in [0.3, 0.4) is 0 Å². The molecule has 0 N–H and O–H groups in total. The summed E-state index contributed by atoms with van der Waals surface area (Å²) in [5.74, 6) is -1.03. The molecule has 104 valence electrons. The SMILES string of the molecule is CCn1cc([N+](=O)[O-])cc1C(=O)N(C)CC(=O)OC. The largest absolute Gasteiger partial charge is 0.468 e. The summed E-state index contributed by atoms with van der Waals surface area (Å²) in [6.45, 7) is 1.97. The summed E-state index contributed by atoms with van der Waals surface area (Å²) in [6.07, 6.45) is 1.29. The first-order valence-corrected chi connectivity index (χ1v) is 5.57. The Labute approximate surface area is 109 Å². The number of amides is 1. The molecule has 0 saturated heterocycles. The van der Waals surface area contributed by atoms with Gasteiger partial charge in [-0.2, -0.15) is 0 Å². The molecule has 0 fully saturated rings. The number of aryl methyl sites for hydroxylation is 1. The number of nitrogens with zero attached hydrogens (tertiary/aromatic N) is 3. The number of carbonyl (C=O) groups is 2. The first kappa shape index (κ1) is 14.7. The van der Waals surface area contributed by atoms with Gasteiger partial charge in [-0.25, -0.2) is 0 Å². The number of esters is 1. The lowest BCUT2D eigenvalue weighted by atomic mass is 10.3. The third-order valence-corrected chi connectivity index (χ3v) is 2.59. The molecule has 0 unspecified atom stereocenters.